The van der Waals surface area contributed by atoms with Crippen molar-refractivity contribution in [2.24, 2.45) is 10.9 Å². The van der Waals surface area contributed by atoms with E-state index >= 15 is 0 Å². The highest BCUT2D eigenvalue weighted by atomic mass is 127. The van der Waals surface area contributed by atoms with Gasteiger partial charge in [-0.15, -0.1) is 24.0 Å². The fraction of sp³-hybridized carbons (Fsp3) is 0.529. The summed E-state index contributed by atoms with van der Waals surface area (Å²) in [5, 5.41) is 10.0. The van der Waals surface area contributed by atoms with Gasteiger partial charge < -0.3 is 16.0 Å². The summed E-state index contributed by atoms with van der Waals surface area (Å²) in [7, 11) is 0. The van der Waals surface area contributed by atoms with Crippen LogP contribution in [-0.2, 0) is 0 Å². The maximum absolute atomic E-state index is 12.0. The zero-order valence-corrected chi connectivity index (χ0v) is 17.8. The molecule has 0 spiro atoms. The van der Waals surface area contributed by atoms with Gasteiger partial charge in [0.25, 0.3) is 5.91 Å². The Balaban J connectivity index is 0.00000529. The number of rotatable bonds is 7. The fourth-order valence-electron chi connectivity index (χ4n) is 1.74. The first-order valence-corrected chi connectivity index (χ1v) is 8.40. The zero-order chi connectivity index (χ0) is 17.2. The number of benzene rings is 1. The van der Waals surface area contributed by atoms with Gasteiger partial charge in [0.15, 0.2) is 5.96 Å². The van der Waals surface area contributed by atoms with Crippen LogP contribution in [-0.4, -0.2) is 37.5 Å². The van der Waals surface area contributed by atoms with Crippen LogP contribution in [0.5, 0.6) is 0 Å². The van der Waals surface area contributed by atoms with E-state index in [0.717, 1.165) is 12.5 Å². The van der Waals surface area contributed by atoms with Gasteiger partial charge in [0.05, 0.1) is 6.54 Å². The number of hydrogen-bond acceptors (Lipinski definition) is 2. The van der Waals surface area contributed by atoms with Crippen molar-refractivity contribution in [2.45, 2.75) is 33.7 Å². The Hall–Kier alpha value is -1.02. The van der Waals surface area contributed by atoms with E-state index in [4.69, 9.17) is 11.6 Å². The van der Waals surface area contributed by atoms with Crippen molar-refractivity contribution in [1.29, 1.82) is 0 Å². The van der Waals surface area contributed by atoms with Crippen LogP contribution < -0.4 is 16.0 Å². The van der Waals surface area contributed by atoms with Gasteiger partial charge in [-0.05, 0) is 44.0 Å². The molecule has 1 aromatic rings. The zero-order valence-electron chi connectivity index (χ0n) is 14.7. The molecule has 1 rings (SSSR count). The first-order valence-electron chi connectivity index (χ1n) is 8.02. The maximum atomic E-state index is 12.0. The normalized spacial score (nSPS) is 12.3. The smallest absolute Gasteiger partial charge is 0.251 e. The van der Waals surface area contributed by atoms with Gasteiger partial charge in [-0.2, -0.15) is 0 Å². The number of nitrogens with zero attached hydrogens (tertiary/aromatic N) is 1. The molecular formula is C17H28ClIN4O. The Morgan fingerprint density at radius 3 is 2.33 bits per heavy atom. The lowest BCUT2D eigenvalue weighted by molar-refractivity contribution is 0.0955. The summed E-state index contributed by atoms with van der Waals surface area (Å²) in [6.45, 7) is 10.3. The number of carbonyl (C=O) groups is 1. The minimum Gasteiger partial charge on any atom is -0.357 e. The predicted molar refractivity (Wildman–Crippen MR) is 113 cm³/mol. The van der Waals surface area contributed by atoms with E-state index in [2.05, 4.69) is 41.7 Å². The van der Waals surface area contributed by atoms with E-state index in [1.807, 2.05) is 6.92 Å². The Labute approximate surface area is 167 Å². The standard InChI is InChI=1S/C17H27ClN4O.HI/c1-5-19-17(22-13(4)12(2)3)21-11-10-20-16(23)14-6-8-15(18)9-7-14;/h6-9,12-13H,5,10-11H2,1-4H3,(H,20,23)(H2,19,21,22);1H. The molecule has 0 aliphatic rings. The molecule has 136 valence electrons. The molecule has 0 radical (unpaired) electrons. The van der Waals surface area contributed by atoms with Crippen LogP contribution in [0.4, 0.5) is 0 Å². The largest absolute Gasteiger partial charge is 0.357 e. The summed E-state index contributed by atoms with van der Waals surface area (Å²) in [6.07, 6.45) is 0. The highest BCUT2D eigenvalue weighted by Crippen LogP contribution is 2.09. The first-order chi connectivity index (χ1) is 10.9. The molecule has 0 aromatic heterocycles. The van der Waals surface area contributed by atoms with Crippen molar-refractivity contribution in [3.8, 4) is 0 Å². The van der Waals surface area contributed by atoms with Crippen LogP contribution in [0.3, 0.4) is 0 Å². The van der Waals surface area contributed by atoms with Gasteiger partial charge in [0.2, 0.25) is 0 Å². The van der Waals surface area contributed by atoms with Gasteiger partial charge in [-0.3, -0.25) is 9.79 Å². The molecule has 0 aliphatic carbocycles. The van der Waals surface area contributed by atoms with Crippen molar-refractivity contribution in [2.75, 3.05) is 19.6 Å². The average Bonchev–Trinajstić information content (AvgIpc) is 2.51. The molecule has 5 nitrogen and oxygen atoms in total. The van der Waals surface area contributed by atoms with Crippen LogP contribution in [0.1, 0.15) is 38.1 Å². The topological polar surface area (TPSA) is 65.5 Å². The van der Waals surface area contributed by atoms with Crippen molar-refractivity contribution < 1.29 is 4.79 Å². The van der Waals surface area contributed by atoms with E-state index in [1.54, 1.807) is 24.3 Å². The van der Waals surface area contributed by atoms with Gasteiger partial charge in [-0.25, -0.2) is 0 Å². The summed E-state index contributed by atoms with van der Waals surface area (Å²) in [6, 6.07) is 7.15. The van der Waals surface area contributed by atoms with E-state index in [-0.39, 0.29) is 29.9 Å². The van der Waals surface area contributed by atoms with Crippen LogP contribution >= 0.6 is 35.6 Å². The molecule has 0 fully saturated rings. The molecule has 1 atom stereocenters. The lowest BCUT2D eigenvalue weighted by Crippen LogP contribution is -2.44. The molecule has 0 heterocycles. The van der Waals surface area contributed by atoms with E-state index in [1.165, 1.54) is 0 Å². The Morgan fingerprint density at radius 1 is 1.17 bits per heavy atom. The minimum absolute atomic E-state index is 0. The third kappa shape index (κ3) is 8.73. The second-order valence-corrected chi connectivity index (χ2v) is 6.14. The molecule has 0 saturated carbocycles. The maximum Gasteiger partial charge on any atom is 0.251 e. The highest BCUT2D eigenvalue weighted by molar-refractivity contribution is 14.0. The number of halogens is 2. The van der Waals surface area contributed by atoms with Crippen molar-refractivity contribution in [1.82, 2.24) is 16.0 Å². The number of amides is 1. The molecular weight excluding hydrogens is 439 g/mol. The third-order valence-corrected chi connectivity index (χ3v) is 3.73. The SMILES string of the molecule is CCNC(=NCCNC(=O)c1ccc(Cl)cc1)NC(C)C(C)C.I. The van der Waals surface area contributed by atoms with Gasteiger partial charge in [0.1, 0.15) is 0 Å². The minimum atomic E-state index is -0.120. The molecule has 0 aliphatic heterocycles. The van der Waals surface area contributed by atoms with Crippen LogP contribution in [0, 0.1) is 5.92 Å². The lowest BCUT2D eigenvalue weighted by atomic mass is 10.1. The Morgan fingerprint density at radius 2 is 1.79 bits per heavy atom. The summed E-state index contributed by atoms with van der Waals surface area (Å²) in [5.41, 5.74) is 0.594. The van der Waals surface area contributed by atoms with E-state index < -0.39 is 0 Å². The van der Waals surface area contributed by atoms with Crippen molar-refractivity contribution >= 4 is 47.4 Å². The summed E-state index contributed by atoms with van der Waals surface area (Å²) in [5.74, 6) is 1.17. The molecule has 0 saturated heterocycles. The van der Waals surface area contributed by atoms with E-state index in [9.17, 15) is 4.79 Å². The fourth-order valence-corrected chi connectivity index (χ4v) is 1.87. The quantitative estimate of drug-likeness (QED) is 0.250. The summed E-state index contributed by atoms with van der Waals surface area (Å²) >= 11 is 5.81. The Kier molecular flexibility index (Phi) is 11.8. The molecule has 0 bridgehead atoms. The average molecular weight is 467 g/mol. The first kappa shape index (κ1) is 23.0. The van der Waals surface area contributed by atoms with Crippen LogP contribution in [0.25, 0.3) is 0 Å². The van der Waals surface area contributed by atoms with Crippen molar-refractivity contribution in [3.05, 3.63) is 34.9 Å². The van der Waals surface area contributed by atoms with Crippen molar-refractivity contribution in [3.63, 3.8) is 0 Å². The van der Waals surface area contributed by atoms with Gasteiger partial charge in [0, 0.05) is 29.7 Å². The molecule has 24 heavy (non-hydrogen) atoms. The highest BCUT2D eigenvalue weighted by Gasteiger charge is 2.08. The van der Waals surface area contributed by atoms with E-state index in [0.29, 0.717) is 35.6 Å². The summed E-state index contributed by atoms with van der Waals surface area (Å²) in [4.78, 5) is 16.4. The lowest BCUT2D eigenvalue weighted by Gasteiger charge is -2.20. The number of guanidine groups is 1. The Bertz CT molecular complexity index is 520. The second kappa shape index (κ2) is 12.4. The number of nitrogens with one attached hydrogen (secondary N) is 3. The van der Waals surface area contributed by atoms with Gasteiger partial charge in [-0.1, -0.05) is 25.4 Å². The molecule has 3 N–H and O–H groups in total. The molecule has 7 heteroatoms. The second-order valence-electron chi connectivity index (χ2n) is 5.70. The number of carbonyl (C=O) groups excluding carboxylic acids is 1. The van der Waals surface area contributed by atoms with Gasteiger partial charge >= 0.3 is 0 Å². The van der Waals surface area contributed by atoms with Crippen LogP contribution in [0.2, 0.25) is 5.02 Å². The van der Waals surface area contributed by atoms with Crippen LogP contribution in [0.15, 0.2) is 29.3 Å². The molecule has 1 amide bonds. The summed E-state index contributed by atoms with van der Waals surface area (Å²) < 4.78 is 0. The predicted octanol–water partition coefficient (Wildman–Crippen LogP) is 3.29. The number of aliphatic imine (C=N–C) groups is 1. The molecule has 1 aromatic carbocycles. The number of hydrogen-bond donors (Lipinski definition) is 3. The third-order valence-electron chi connectivity index (χ3n) is 3.48. The molecule has 1 unspecified atom stereocenters. The monoisotopic (exact) mass is 466 g/mol.